The number of anilines is 1. The van der Waals surface area contributed by atoms with Gasteiger partial charge in [-0.3, -0.25) is 4.79 Å². The zero-order valence-corrected chi connectivity index (χ0v) is 15.1. The maximum atomic E-state index is 12.8. The first kappa shape index (κ1) is 18.4. The van der Waals surface area contributed by atoms with E-state index in [1.165, 1.54) is 12.1 Å². The standard InChI is InChI=1S/C16H13Cl2F3N2OS/c17-12-9-13(25-14(12)18)15(24)23-6-4-22(5-7-23)11-3-1-2-10(8-11)16(19,20)21/h1-3,8-9H,4-7H2. The molecular formula is C16H13Cl2F3N2OS. The molecule has 2 heterocycles. The minimum absolute atomic E-state index is 0.164. The lowest BCUT2D eigenvalue weighted by Crippen LogP contribution is -2.48. The fourth-order valence-electron chi connectivity index (χ4n) is 2.65. The van der Waals surface area contributed by atoms with Gasteiger partial charge in [-0.05, 0) is 24.3 Å². The van der Waals surface area contributed by atoms with Crippen LogP contribution in [0.2, 0.25) is 9.36 Å². The zero-order valence-electron chi connectivity index (χ0n) is 12.8. The average molecular weight is 409 g/mol. The van der Waals surface area contributed by atoms with E-state index in [1.807, 2.05) is 4.90 Å². The summed E-state index contributed by atoms with van der Waals surface area (Å²) in [5.74, 6) is -0.164. The van der Waals surface area contributed by atoms with E-state index >= 15 is 0 Å². The first-order chi connectivity index (χ1) is 11.8. The molecule has 25 heavy (non-hydrogen) atoms. The molecule has 0 N–H and O–H groups in total. The van der Waals surface area contributed by atoms with Crippen LogP contribution in [0.4, 0.5) is 18.9 Å². The van der Waals surface area contributed by atoms with Crippen LogP contribution < -0.4 is 4.90 Å². The topological polar surface area (TPSA) is 23.6 Å². The molecule has 134 valence electrons. The third-order valence-corrected chi connectivity index (χ3v) is 5.81. The van der Waals surface area contributed by atoms with Gasteiger partial charge >= 0.3 is 6.18 Å². The van der Waals surface area contributed by atoms with Crippen LogP contribution in [0.1, 0.15) is 15.2 Å². The van der Waals surface area contributed by atoms with E-state index in [-0.39, 0.29) is 5.91 Å². The van der Waals surface area contributed by atoms with Crippen LogP contribution in [0.5, 0.6) is 0 Å². The Labute approximate surface area is 156 Å². The highest BCUT2D eigenvalue weighted by atomic mass is 35.5. The van der Waals surface area contributed by atoms with Crippen molar-refractivity contribution in [2.45, 2.75) is 6.18 Å². The monoisotopic (exact) mass is 408 g/mol. The van der Waals surface area contributed by atoms with E-state index in [0.717, 1.165) is 23.5 Å². The predicted molar refractivity (Wildman–Crippen MR) is 93.9 cm³/mol. The van der Waals surface area contributed by atoms with E-state index in [4.69, 9.17) is 23.2 Å². The third-order valence-electron chi connectivity index (χ3n) is 3.96. The van der Waals surface area contributed by atoms with Crippen molar-refractivity contribution in [1.29, 1.82) is 0 Å². The van der Waals surface area contributed by atoms with Crippen molar-refractivity contribution >= 4 is 46.1 Å². The van der Waals surface area contributed by atoms with Gasteiger partial charge in [0, 0.05) is 31.9 Å². The second-order valence-corrected chi connectivity index (χ2v) is 7.62. The summed E-state index contributed by atoms with van der Waals surface area (Å²) in [7, 11) is 0. The van der Waals surface area contributed by atoms with Crippen molar-refractivity contribution in [3.63, 3.8) is 0 Å². The summed E-state index contributed by atoms with van der Waals surface area (Å²) >= 11 is 12.9. The number of thiophene rings is 1. The van der Waals surface area contributed by atoms with Gasteiger partial charge in [-0.2, -0.15) is 13.2 Å². The number of carbonyl (C=O) groups is 1. The van der Waals surface area contributed by atoms with Crippen LogP contribution in [0, 0.1) is 0 Å². The summed E-state index contributed by atoms with van der Waals surface area (Å²) in [4.78, 5) is 16.4. The molecule has 0 saturated carbocycles. The molecule has 2 aromatic rings. The molecule has 1 aromatic carbocycles. The number of benzene rings is 1. The number of piperazine rings is 1. The van der Waals surface area contributed by atoms with Gasteiger partial charge < -0.3 is 9.80 Å². The number of amides is 1. The molecule has 1 aromatic heterocycles. The Morgan fingerprint density at radius 1 is 1.08 bits per heavy atom. The highest BCUT2D eigenvalue weighted by Gasteiger charge is 2.31. The maximum absolute atomic E-state index is 12.8. The molecule has 0 aliphatic carbocycles. The molecule has 1 fully saturated rings. The average Bonchev–Trinajstić information content (AvgIpc) is 2.93. The van der Waals surface area contributed by atoms with Crippen molar-refractivity contribution in [3.8, 4) is 0 Å². The molecular weight excluding hydrogens is 396 g/mol. The molecule has 1 aliphatic rings. The highest BCUT2D eigenvalue weighted by molar-refractivity contribution is 7.18. The summed E-state index contributed by atoms with van der Waals surface area (Å²) in [5, 5.41) is 0.345. The third kappa shape index (κ3) is 4.04. The number of nitrogens with zero attached hydrogens (tertiary/aromatic N) is 2. The second-order valence-electron chi connectivity index (χ2n) is 5.56. The van der Waals surface area contributed by atoms with Gasteiger partial charge in [0.05, 0.1) is 15.5 Å². The van der Waals surface area contributed by atoms with E-state index in [1.54, 1.807) is 11.0 Å². The predicted octanol–water partition coefficient (Wildman–Crippen LogP) is 5.04. The number of alkyl halides is 3. The van der Waals surface area contributed by atoms with Gasteiger partial charge in [0.25, 0.3) is 5.91 Å². The lowest BCUT2D eigenvalue weighted by molar-refractivity contribution is -0.137. The second kappa shape index (κ2) is 7.05. The van der Waals surface area contributed by atoms with E-state index in [0.29, 0.717) is 46.1 Å². The molecule has 1 aliphatic heterocycles. The number of rotatable bonds is 2. The summed E-state index contributed by atoms with van der Waals surface area (Å²) in [6.45, 7) is 1.75. The van der Waals surface area contributed by atoms with Crippen LogP contribution in [-0.2, 0) is 6.18 Å². The van der Waals surface area contributed by atoms with Crippen LogP contribution >= 0.6 is 34.5 Å². The number of halogens is 5. The summed E-state index contributed by atoms with van der Waals surface area (Å²) in [5.41, 5.74) is -0.171. The van der Waals surface area contributed by atoms with Gasteiger partial charge in [0.15, 0.2) is 0 Å². The first-order valence-electron chi connectivity index (χ1n) is 7.42. The smallest absolute Gasteiger partial charge is 0.368 e. The van der Waals surface area contributed by atoms with Gasteiger partial charge in [-0.1, -0.05) is 29.3 Å². The Bertz CT molecular complexity index is 766. The Morgan fingerprint density at radius 3 is 2.32 bits per heavy atom. The van der Waals surface area contributed by atoms with Gasteiger partial charge in [0.1, 0.15) is 4.34 Å². The molecule has 0 radical (unpaired) electrons. The number of carbonyl (C=O) groups excluding carboxylic acids is 1. The van der Waals surface area contributed by atoms with Crippen molar-refractivity contribution in [1.82, 2.24) is 4.90 Å². The highest BCUT2D eigenvalue weighted by Crippen LogP contribution is 2.33. The molecule has 1 saturated heterocycles. The molecule has 0 unspecified atom stereocenters. The van der Waals surface area contributed by atoms with Crippen LogP contribution in [0.3, 0.4) is 0 Å². The minimum atomic E-state index is -4.37. The van der Waals surface area contributed by atoms with Crippen molar-refractivity contribution in [3.05, 3.63) is 50.1 Å². The summed E-state index contributed by atoms with van der Waals surface area (Å²) < 4.78 is 38.9. The molecule has 0 spiro atoms. The van der Waals surface area contributed by atoms with Crippen LogP contribution in [0.15, 0.2) is 30.3 Å². The van der Waals surface area contributed by atoms with Gasteiger partial charge in [0.2, 0.25) is 0 Å². The number of hydrogen-bond acceptors (Lipinski definition) is 3. The summed E-state index contributed by atoms with van der Waals surface area (Å²) in [6, 6.07) is 6.76. The minimum Gasteiger partial charge on any atom is -0.368 e. The van der Waals surface area contributed by atoms with E-state index in [9.17, 15) is 18.0 Å². The number of hydrogen-bond donors (Lipinski definition) is 0. The Morgan fingerprint density at radius 2 is 1.76 bits per heavy atom. The van der Waals surface area contributed by atoms with Gasteiger partial charge in [-0.15, -0.1) is 11.3 Å². The van der Waals surface area contributed by atoms with Crippen LogP contribution in [0.25, 0.3) is 0 Å². The molecule has 3 rings (SSSR count). The molecule has 9 heteroatoms. The van der Waals surface area contributed by atoms with Crippen molar-refractivity contribution in [2.24, 2.45) is 0 Å². The Kier molecular flexibility index (Phi) is 5.18. The van der Waals surface area contributed by atoms with Gasteiger partial charge in [-0.25, -0.2) is 0 Å². The molecule has 0 bridgehead atoms. The summed E-state index contributed by atoms with van der Waals surface area (Å²) in [6.07, 6.45) is -4.37. The fraction of sp³-hybridized carbons (Fsp3) is 0.312. The van der Waals surface area contributed by atoms with Crippen LogP contribution in [-0.4, -0.2) is 37.0 Å². The Balaban J connectivity index is 1.67. The lowest BCUT2D eigenvalue weighted by Gasteiger charge is -2.36. The molecule has 3 nitrogen and oxygen atoms in total. The fourth-order valence-corrected chi connectivity index (χ4v) is 3.99. The van der Waals surface area contributed by atoms with E-state index in [2.05, 4.69) is 0 Å². The molecule has 0 atom stereocenters. The normalized spacial score (nSPS) is 15.6. The van der Waals surface area contributed by atoms with Crippen molar-refractivity contribution in [2.75, 3.05) is 31.1 Å². The molecule has 1 amide bonds. The zero-order chi connectivity index (χ0) is 18.2. The largest absolute Gasteiger partial charge is 0.416 e. The van der Waals surface area contributed by atoms with Crippen molar-refractivity contribution < 1.29 is 18.0 Å². The quantitative estimate of drug-likeness (QED) is 0.694. The lowest BCUT2D eigenvalue weighted by atomic mass is 10.1. The van der Waals surface area contributed by atoms with E-state index < -0.39 is 11.7 Å². The first-order valence-corrected chi connectivity index (χ1v) is 8.99. The maximum Gasteiger partial charge on any atom is 0.416 e. The SMILES string of the molecule is O=C(c1cc(Cl)c(Cl)s1)N1CCN(c2cccc(C(F)(F)F)c2)CC1. The Hall–Kier alpha value is -1.44.